The number of benzene rings is 3. The lowest BCUT2D eigenvalue weighted by Gasteiger charge is -2.06. The lowest BCUT2D eigenvalue weighted by Crippen LogP contribution is -2.24. The molecule has 3 rings (SSSR count). The molecule has 0 saturated carbocycles. The summed E-state index contributed by atoms with van der Waals surface area (Å²) in [5.41, 5.74) is 3.63. The summed E-state index contributed by atoms with van der Waals surface area (Å²) in [6.07, 6.45) is 1.43. The predicted octanol–water partition coefficient (Wildman–Crippen LogP) is 3.96. The molecule has 3 aromatic rings. The number of carbonyl (C=O) groups excluding carboxylic acids is 2. The van der Waals surface area contributed by atoms with Gasteiger partial charge in [-0.2, -0.15) is 10.4 Å². The van der Waals surface area contributed by atoms with Crippen LogP contribution in [0.25, 0.3) is 0 Å². The Morgan fingerprint density at radius 2 is 1.74 bits per heavy atom. The van der Waals surface area contributed by atoms with Crippen LogP contribution in [0.15, 0.2) is 77.9 Å². The van der Waals surface area contributed by atoms with Crippen LogP contribution in [-0.2, 0) is 4.79 Å². The molecule has 8 heteroatoms. The Morgan fingerprint density at radius 1 is 1.03 bits per heavy atom. The van der Waals surface area contributed by atoms with Gasteiger partial charge in [-0.15, -0.1) is 0 Å². The molecule has 0 fully saturated rings. The second-order valence-corrected chi connectivity index (χ2v) is 6.54. The fourth-order valence-corrected chi connectivity index (χ4v) is 2.66. The molecule has 0 bridgehead atoms. The molecule has 31 heavy (non-hydrogen) atoms. The van der Waals surface area contributed by atoms with Crippen molar-refractivity contribution in [2.24, 2.45) is 5.10 Å². The van der Waals surface area contributed by atoms with Gasteiger partial charge in [-0.05, 0) is 54.1 Å². The molecule has 0 spiro atoms. The van der Waals surface area contributed by atoms with Crippen LogP contribution < -0.4 is 14.9 Å². The summed E-state index contributed by atoms with van der Waals surface area (Å²) >= 11 is 5.99. The van der Waals surface area contributed by atoms with Gasteiger partial charge in [-0.1, -0.05) is 35.9 Å². The summed E-state index contributed by atoms with van der Waals surface area (Å²) < 4.78 is 10.6. The average molecular weight is 434 g/mol. The van der Waals surface area contributed by atoms with Crippen molar-refractivity contribution < 1.29 is 19.1 Å². The van der Waals surface area contributed by atoms with Gasteiger partial charge in [0.05, 0.1) is 22.4 Å². The molecule has 0 aliphatic carbocycles. The zero-order valence-corrected chi connectivity index (χ0v) is 16.9. The number of hydrazone groups is 1. The Balaban J connectivity index is 1.49. The third-order valence-electron chi connectivity index (χ3n) is 3.95. The number of hydrogen-bond acceptors (Lipinski definition) is 6. The first-order valence-electron chi connectivity index (χ1n) is 9.07. The van der Waals surface area contributed by atoms with Crippen LogP contribution in [0.3, 0.4) is 0 Å². The van der Waals surface area contributed by atoms with Crippen molar-refractivity contribution in [1.82, 2.24) is 5.43 Å². The minimum Gasteiger partial charge on any atom is -0.482 e. The van der Waals surface area contributed by atoms with Crippen molar-refractivity contribution >= 4 is 29.7 Å². The van der Waals surface area contributed by atoms with Gasteiger partial charge in [0.25, 0.3) is 5.91 Å². The Morgan fingerprint density at radius 3 is 2.48 bits per heavy atom. The van der Waals surface area contributed by atoms with Crippen molar-refractivity contribution in [2.45, 2.75) is 0 Å². The molecular formula is C23H16ClN3O4. The highest BCUT2D eigenvalue weighted by Crippen LogP contribution is 2.19. The maximum absolute atomic E-state index is 12.2. The van der Waals surface area contributed by atoms with Gasteiger partial charge in [-0.3, -0.25) is 4.79 Å². The van der Waals surface area contributed by atoms with Crippen LogP contribution in [0.4, 0.5) is 0 Å². The van der Waals surface area contributed by atoms with E-state index in [1.54, 1.807) is 72.8 Å². The predicted molar refractivity (Wildman–Crippen MR) is 115 cm³/mol. The van der Waals surface area contributed by atoms with E-state index in [1.165, 1.54) is 6.21 Å². The number of nitriles is 1. The lowest BCUT2D eigenvalue weighted by molar-refractivity contribution is -0.123. The smallest absolute Gasteiger partial charge is 0.345 e. The van der Waals surface area contributed by atoms with Gasteiger partial charge in [0, 0.05) is 0 Å². The van der Waals surface area contributed by atoms with E-state index < -0.39 is 11.9 Å². The number of rotatable bonds is 7. The lowest BCUT2D eigenvalue weighted by atomic mass is 10.2. The molecule has 7 nitrogen and oxygen atoms in total. The first kappa shape index (κ1) is 21.6. The van der Waals surface area contributed by atoms with Gasteiger partial charge in [-0.25, -0.2) is 10.2 Å². The van der Waals surface area contributed by atoms with Crippen LogP contribution in [0.1, 0.15) is 21.5 Å². The number of ether oxygens (including phenoxy) is 2. The van der Waals surface area contributed by atoms with E-state index in [9.17, 15) is 9.59 Å². The van der Waals surface area contributed by atoms with Crippen molar-refractivity contribution in [3.8, 4) is 17.6 Å². The Kier molecular flexibility index (Phi) is 7.35. The number of nitrogens with zero attached hydrogens (tertiary/aromatic N) is 2. The van der Waals surface area contributed by atoms with Crippen molar-refractivity contribution in [1.29, 1.82) is 5.26 Å². The molecule has 0 heterocycles. The number of carbonyl (C=O) groups is 2. The summed E-state index contributed by atoms with van der Waals surface area (Å²) in [5.74, 6) is -0.367. The summed E-state index contributed by atoms with van der Waals surface area (Å²) in [4.78, 5) is 24.0. The third-order valence-corrected chi connectivity index (χ3v) is 4.28. The molecule has 0 aromatic heterocycles. The molecule has 0 aliphatic rings. The number of hydrogen-bond donors (Lipinski definition) is 1. The first-order valence-corrected chi connectivity index (χ1v) is 9.45. The van der Waals surface area contributed by atoms with Crippen LogP contribution in [0.2, 0.25) is 5.02 Å². The van der Waals surface area contributed by atoms with Crippen LogP contribution >= 0.6 is 11.6 Å². The number of para-hydroxylation sites is 1. The molecule has 0 aliphatic heterocycles. The average Bonchev–Trinajstić information content (AvgIpc) is 2.79. The van der Waals surface area contributed by atoms with E-state index >= 15 is 0 Å². The minimum atomic E-state index is -0.558. The van der Waals surface area contributed by atoms with Crippen molar-refractivity contribution in [3.63, 3.8) is 0 Å². The SMILES string of the molecule is N#Cc1ccccc1OCC(=O)NN=Cc1ccc(OC(=O)c2ccccc2Cl)cc1. The van der Waals surface area contributed by atoms with E-state index in [2.05, 4.69) is 10.5 Å². The fourth-order valence-electron chi connectivity index (χ4n) is 2.45. The summed E-state index contributed by atoms with van der Waals surface area (Å²) in [7, 11) is 0. The summed E-state index contributed by atoms with van der Waals surface area (Å²) in [5, 5.41) is 13.2. The Hall–Kier alpha value is -4.15. The van der Waals surface area contributed by atoms with Crippen LogP contribution in [0, 0.1) is 11.3 Å². The number of nitrogens with one attached hydrogen (secondary N) is 1. The van der Waals surface area contributed by atoms with Gasteiger partial charge < -0.3 is 9.47 Å². The zero-order chi connectivity index (χ0) is 22.1. The van der Waals surface area contributed by atoms with E-state index in [-0.39, 0.29) is 12.2 Å². The molecule has 1 amide bonds. The van der Waals surface area contributed by atoms with Crippen molar-refractivity contribution in [3.05, 3.63) is 94.5 Å². The minimum absolute atomic E-state index is 0.275. The van der Waals surface area contributed by atoms with E-state index in [1.807, 2.05) is 6.07 Å². The van der Waals surface area contributed by atoms with Crippen LogP contribution in [0.5, 0.6) is 11.5 Å². The highest BCUT2D eigenvalue weighted by molar-refractivity contribution is 6.33. The van der Waals surface area contributed by atoms with E-state index in [0.717, 1.165) is 0 Å². The highest BCUT2D eigenvalue weighted by atomic mass is 35.5. The molecule has 1 N–H and O–H groups in total. The topological polar surface area (TPSA) is 101 Å². The quantitative estimate of drug-likeness (QED) is 0.263. The molecule has 0 unspecified atom stereocenters. The number of halogens is 1. The molecule has 3 aromatic carbocycles. The second-order valence-electron chi connectivity index (χ2n) is 6.13. The fraction of sp³-hybridized carbons (Fsp3) is 0.0435. The summed E-state index contributed by atoms with van der Waals surface area (Å²) in [6.45, 7) is -0.285. The summed E-state index contributed by atoms with van der Waals surface area (Å²) in [6, 6.07) is 21.8. The van der Waals surface area contributed by atoms with Gasteiger partial charge in [0.1, 0.15) is 17.6 Å². The van der Waals surface area contributed by atoms with Crippen molar-refractivity contribution in [2.75, 3.05) is 6.61 Å². The van der Waals surface area contributed by atoms with E-state index in [0.29, 0.717) is 27.6 Å². The Bertz CT molecular complexity index is 1150. The Labute approximate surface area is 183 Å². The molecular weight excluding hydrogens is 418 g/mol. The molecule has 0 atom stereocenters. The highest BCUT2D eigenvalue weighted by Gasteiger charge is 2.12. The largest absolute Gasteiger partial charge is 0.482 e. The maximum Gasteiger partial charge on any atom is 0.345 e. The first-order chi connectivity index (χ1) is 15.1. The van der Waals surface area contributed by atoms with Gasteiger partial charge in [0.2, 0.25) is 0 Å². The molecule has 0 radical (unpaired) electrons. The standard InChI is InChI=1S/C23H16ClN3O4/c24-20-7-3-2-6-19(20)23(29)31-18-11-9-16(10-12-18)14-26-27-22(28)15-30-21-8-4-1-5-17(21)13-25/h1-12,14H,15H2,(H,27,28). The van der Waals surface area contributed by atoms with Crippen LogP contribution in [-0.4, -0.2) is 24.7 Å². The second kappa shape index (κ2) is 10.6. The monoisotopic (exact) mass is 433 g/mol. The maximum atomic E-state index is 12.2. The molecule has 0 saturated heterocycles. The van der Waals surface area contributed by atoms with Gasteiger partial charge >= 0.3 is 5.97 Å². The van der Waals surface area contributed by atoms with Gasteiger partial charge in [0.15, 0.2) is 6.61 Å². The number of amides is 1. The number of esters is 1. The molecule has 154 valence electrons. The third kappa shape index (κ3) is 6.16. The van der Waals surface area contributed by atoms with E-state index in [4.69, 9.17) is 26.3 Å². The zero-order valence-electron chi connectivity index (χ0n) is 16.1. The normalized spacial score (nSPS) is 10.3.